The highest BCUT2D eigenvalue weighted by atomic mass is 19.4. The molecule has 1 aromatic rings. The zero-order valence-electron chi connectivity index (χ0n) is 10.9. The Kier molecular flexibility index (Phi) is 3.34. The van der Waals surface area contributed by atoms with Gasteiger partial charge in [-0.3, -0.25) is 4.90 Å². The van der Waals surface area contributed by atoms with E-state index in [9.17, 15) is 18.3 Å². The summed E-state index contributed by atoms with van der Waals surface area (Å²) >= 11 is 0. The molecule has 5 heteroatoms. The number of halogens is 3. The van der Waals surface area contributed by atoms with Gasteiger partial charge in [0.05, 0.1) is 11.7 Å². The maximum absolute atomic E-state index is 12.8. The van der Waals surface area contributed by atoms with Gasteiger partial charge in [0.1, 0.15) is 0 Å². The number of nitrogens with zero attached hydrogens (tertiary/aromatic N) is 1. The second kappa shape index (κ2) is 4.90. The Balaban J connectivity index is 1.96. The van der Waals surface area contributed by atoms with Crippen LogP contribution in [0.25, 0.3) is 5.57 Å². The Bertz CT molecular complexity index is 538. The molecule has 3 rings (SSSR count). The first kappa shape index (κ1) is 13.6. The summed E-state index contributed by atoms with van der Waals surface area (Å²) in [6.07, 6.45) is -2.16. The lowest BCUT2D eigenvalue weighted by molar-refractivity contribution is -0.137. The minimum atomic E-state index is -4.33. The van der Waals surface area contributed by atoms with E-state index in [0.29, 0.717) is 12.0 Å². The summed E-state index contributed by atoms with van der Waals surface area (Å²) in [4.78, 5) is 2.22. The lowest BCUT2D eigenvalue weighted by Gasteiger charge is -2.40. The standard InChI is InChI=1S/C15H16F3NO/c16-15(17,18)11-3-1-2-10(8-11)12-4-6-19-7-5-14(20)13(12)9-19/h1-4,8,13-14,20H,5-7,9H2/t13-,14-/m1/s1. The molecule has 0 aliphatic carbocycles. The highest BCUT2D eigenvalue weighted by molar-refractivity contribution is 5.70. The van der Waals surface area contributed by atoms with Crippen molar-refractivity contribution in [2.75, 3.05) is 19.6 Å². The predicted octanol–water partition coefficient (Wildman–Crippen LogP) is 2.79. The number of hydrogen-bond donors (Lipinski definition) is 1. The van der Waals surface area contributed by atoms with Crippen LogP contribution in [0.1, 0.15) is 17.5 Å². The van der Waals surface area contributed by atoms with Gasteiger partial charge >= 0.3 is 6.18 Å². The summed E-state index contributed by atoms with van der Waals surface area (Å²) in [6.45, 7) is 2.32. The molecule has 2 aliphatic heterocycles. The van der Waals surface area contributed by atoms with Crippen molar-refractivity contribution >= 4 is 5.57 Å². The average Bonchev–Trinajstić information content (AvgIpc) is 2.43. The molecule has 1 fully saturated rings. The van der Waals surface area contributed by atoms with Crippen molar-refractivity contribution in [1.29, 1.82) is 0 Å². The Labute approximate surface area is 115 Å². The van der Waals surface area contributed by atoms with Crippen LogP contribution < -0.4 is 0 Å². The van der Waals surface area contributed by atoms with Crippen LogP contribution in [-0.2, 0) is 6.18 Å². The van der Waals surface area contributed by atoms with Gasteiger partial charge in [-0.2, -0.15) is 13.2 Å². The molecule has 0 radical (unpaired) electrons. The van der Waals surface area contributed by atoms with Gasteiger partial charge < -0.3 is 5.11 Å². The number of fused-ring (bicyclic) bond motifs is 2. The lowest BCUT2D eigenvalue weighted by atomic mass is 9.81. The highest BCUT2D eigenvalue weighted by Crippen LogP contribution is 2.37. The van der Waals surface area contributed by atoms with Crippen LogP contribution in [0.4, 0.5) is 13.2 Å². The van der Waals surface area contributed by atoms with E-state index in [2.05, 4.69) is 4.90 Å². The molecule has 1 N–H and O–H groups in total. The van der Waals surface area contributed by atoms with Crippen molar-refractivity contribution in [2.24, 2.45) is 5.92 Å². The van der Waals surface area contributed by atoms with Crippen LogP contribution in [0, 0.1) is 5.92 Å². The van der Waals surface area contributed by atoms with Crippen LogP contribution in [-0.4, -0.2) is 35.7 Å². The van der Waals surface area contributed by atoms with E-state index < -0.39 is 17.8 Å². The van der Waals surface area contributed by atoms with E-state index >= 15 is 0 Å². The Hall–Kier alpha value is -1.33. The molecule has 3 atom stereocenters. The number of alkyl halides is 3. The smallest absolute Gasteiger partial charge is 0.392 e. The van der Waals surface area contributed by atoms with E-state index in [-0.39, 0.29) is 5.92 Å². The van der Waals surface area contributed by atoms with Crippen LogP contribution >= 0.6 is 0 Å². The summed E-state index contributed by atoms with van der Waals surface area (Å²) in [5, 5.41) is 10.1. The molecule has 0 amide bonds. The summed E-state index contributed by atoms with van der Waals surface area (Å²) < 4.78 is 38.4. The van der Waals surface area contributed by atoms with Gasteiger partial charge in [-0.25, -0.2) is 0 Å². The predicted molar refractivity (Wildman–Crippen MR) is 70.0 cm³/mol. The third-order valence-corrected chi connectivity index (χ3v) is 4.15. The monoisotopic (exact) mass is 283 g/mol. The Morgan fingerprint density at radius 1 is 1.25 bits per heavy atom. The summed E-state index contributed by atoms with van der Waals surface area (Å²) in [6, 6.07) is 5.39. The van der Waals surface area contributed by atoms with Crippen LogP contribution in [0.5, 0.6) is 0 Å². The molecule has 108 valence electrons. The summed E-state index contributed by atoms with van der Waals surface area (Å²) in [5.41, 5.74) is 0.786. The van der Waals surface area contributed by atoms with Crippen LogP contribution in [0.15, 0.2) is 30.3 Å². The fourth-order valence-corrected chi connectivity index (χ4v) is 3.06. The van der Waals surface area contributed by atoms with Crippen molar-refractivity contribution in [1.82, 2.24) is 4.90 Å². The molecule has 20 heavy (non-hydrogen) atoms. The SMILES string of the molecule is O[C@@H]1CCN2CC=C(c3cccc(C(F)(F)F)c3)[C@H]1C2. The number of benzene rings is 1. The van der Waals surface area contributed by atoms with Crippen LogP contribution in [0.2, 0.25) is 0 Å². The van der Waals surface area contributed by atoms with Crippen molar-refractivity contribution < 1.29 is 18.3 Å². The maximum Gasteiger partial charge on any atom is 0.416 e. The minimum Gasteiger partial charge on any atom is -0.392 e. The number of aliphatic hydroxyl groups excluding tert-OH is 1. The molecule has 2 nitrogen and oxygen atoms in total. The van der Waals surface area contributed by atoms with Crippen molar-refractivity contribution in [2.45, 2.75) is 18.7 Å². The fourth-order valence-electron chi connectivity index (χ4n) is 3.06. The Morgan fingerprint density at radius 2 is 2.05 bits per heavy atom. The zero-order valence-corrected chi connectivity index (χ0v) is 10.9. The van der Waals surface area contributed by atoms with E-state index in [1.165, 1.54) is 12.1 Å². The number of hydrogen-bond acceptors (Lipinski definition) is 2. The molecule has 2 aliphatic rings. The fraction of sp³-hybridized carbons (Fsp3) is 0.467. The van der Waals surface area contributed by atoms with Gasteiger partial charge in [-0.05, 0) is 29.7 Å². The number of aliphatic hydroxyl groups is 1. The van der Waals surface area contributed by atoms with E-state index in [0.717, 1.165) is 31.3 Å². The zero-order chi connectivity index (χ0) is 14.3. The second-order valence-corrected chi connectivity index (χ2v) is 5.46. The maximum atomic E-state index is 12.8. The summed E-state index contributed by atoms with van der Waals surface area (Å²) in [7, 11) is 0. The highest BCUT2D eigenvalue weighted by Gasteiger charge is 2.35. The molecule has 0 aromatic heterocycles. The molecular weight excluding hydrogens is 267 g/mol. The Morgan fingerprint density at radius 3 is 2.80 bits per heavy atom. The van der Waals surface area contributed by atoms with Gasteiger partial charge in [0.2, 0.25) is 0 Å². The molecule has 2 bridgehead atoms. The normalized spacial score (nSPS) is 30.0. The molecular formula is C15H16F3NO. The lowest BCUT2D eigenvalue weighted by Crippen LogP contribution is -2.46. The number of piperidine rings is 1. The molecule has 1 saturated heterocycles. The van der Waals surface area contributed by atoms with Crippen molar-refractivity contribution in [3.8, 4) is 0 Å². The molecule has 1 aromatic carbocycles. The topological polar surface area (TPSA) is 23.5 Å². The van der Waals surface area contributed by atoms with E-state index in [4.69, 9.17) is 0 Å². The average molecular weight is 283 g/mol. The minimum absolute atomic E-state index is 0.0824. The second-order valence-electron chi connectivity index (χ2n) is 5.46. The van der Waals surface area contributed by atoms with Gasteiger partial charge in [-0.1, -0.05) is 18.2 Å². The van der Waals surface area contributed by atoms with E-state index in [1.54, 1.807) is 6.07 Å². The van der Waals surface area contributed by atoms with Crippen molar-refractivity contribution in [3.63, 3.8) is 0 Å². The molecule has 0 saturated carbocycles. The largest absolute Gasteiger partial charge is 0.416 e. The first-order valence-electron chi connectivity index (χ1n) is 6.73. The van der Waals surface area contributed by atoms with Gasteiger partial charge in [-0.15, -0.1) is 0 Å². The first-order chi connectivity index (χ1) is 9.45. The van der Waals surface area contributed by atoms with Gasteiger partial charge in [0, 0.05) is 25.6 Å². The third kappa shape index (κ3) is 2.47. The number of rotatable bonds is 1. The van der Waals surface area contributed by atoms with Crippen LogP contribution in [0.3, 0.4) is 0 Å². The van der Waals surface area contributed by atoms with Gasteiger partial charge in [0.25, 0.3) is 0 Å². The molecule has 0 spiro atoms. The first-order valence-corrected chi connectivity index (χ1v) is 6.73. The van der Waals surface area contributed by atoms with Crippen molar-refractivity contribution in [3.05, 3.63) is 41.5 Å². The summed E-state index contributed by atoms with van der Waals surface area (Å²) in [5.74, 6) is -0.0824. The molecule has 2 heterocycles. The van der Waals surface area contributed by atoms with E-state index in [1.807, 2.05) is 6.08 Å². The van der Waals surface area contributed by atoms with Gasteiger partial charge in [0.15, 0.2) is 0 Å². The quantitative estimate of drug-likeness (QED) is 0.856. The third-order valence-electron chi connectivity index (χ3n) is 4.15. The molecule has 1 unspecified atom stereocenters.